The standard InChI is InChI=1S/C18H21N3O4S/c1-14-8-9-16(25-14)13-19-20-18(22)15-6-5-7-17(12-15)26(23,24)21-10-3-2-4-11-21/h5-9,12-13H,2-4,10-11H2,1H3,(H,20,22)/b19-13+. The monoisotopic (exact) mass is 375 g/mol. The van der Waals surface area contributed by atoms with Crippen molar-refractivity contribution in [2.24, 2.45) is 5.10 Å². The first-order valence-electron chi connectivity index (χ1n) is 8.47. The highest BCUT2D eigenvalue weighted by Crippen LogP contribution is 2.21. The van der Waals surface area contributed by atoms with Gasteiger partial charge in [0.25, 0.3) is 5.91 Å². The SMILES string of the molecule is Cc1ccc(/C=N/NC(=O)c2cccc(S(=O)(=O)N3CCCCC3)c2)o1. The number of carbonyl (C=O) groups excluding carboxylic acids is 1. The second kappa shape index (κ2) is 7.84. The summed E-state index contributed by atoms with van der Waals surface area (Å²) in [6.45, 7) is 2.85. The number of sulfonamides is 1. The average Bonchev–Trinajstić information content (AvgIpc) is 3.07. The first-order valence-corrected chi connectivity index (χ1v) is 9.91. The predicted molar refractivity (Wildman–Crippen MR) is 97.6 cm³/mol. The van der Waals surface area contributed by atoms with Gasteiger partial charge in [-0.1, -0.05) is 12.5 Å². The number of benzene rings is 1. The van der Waals surface area contributed by atoms with E-state index in [1.54, 1.807) is 24.3 Å². The fourth-order valence-corrected chi connectivity index (χ4v) is 4.36. The largest absolute Gasteiger partial charge is 0.460 e. The molecular weight excluding hydrogens is 354 g/mol. The lowest BCUT2D eigenvalue weighted by atomic mass is 10.2. The van der Waals surface area contributed by atoms with Crippen molar-refractivity contribution in [3.05, 3.63) is 53.5 Å². The lowest BCUT2D eigenvalue weighted by molar-refractivity contribution is 0.0955. The van der Waals surface area contributed by atoms with Crippen LogP contribution in [0.4, 0.5) is 0 Å². The molecule has 1 aliphatic rings. The zero-order chi connectivity index (χ0) is 18.6. The van der Waals surface area contributed by atoms with E-state index >= 15 is 0 Å². The molecule has 7 nitrogen and oxygen atoms in total. The summed E-state index contributed by atoms with van der Waals surface area (Å²) < 4.78 is 32.2. The Morgan fingerprint density at radius 2 is 1.96 bits per heavy atom. The molecule has 1 aliphatic heterocycles. The van der Waals surface area contributed by atoms with Gasteiger partial charge in [-0.05, 0) is 50.1 Å². The summed E-state index contributed by atoms with van der Waals surface area (Å²) in [5, 5.41) is 3.83. The van der Waals surface area contributed by atoms with Crippen LogP contribution in [0.3, 0.4) is 0 Å². The van der Waals surface area contributed by atoms with Crippen molar-refractivity contribution < 1.29 is 17.6 Å². The topological polar surface area (TPSA) is 92.0 Å². The summed E-state index contributed by atoms with van der Waals surface area (Å²) in [6.07, 6.45) is 4.15. The number of furan rings is 1. The Morgan fingerprint density at radius 1 is 1.19 bits per heavy atom. The van der Waals surface area contributed by atoms with E-state index in [-0.39, 0.29) is 10.5 Å². The molecule has 1 amide bonds. The van der Waals surface area contributed by atoms with E-state index in [1.165, 1.54) is 22.7 Å². The molecule has 1 N–H and O–H groups in total. The molecule has 0 bridgehead atoms. The molecule has 1 saturated heterocycles. The van der Waals surface area contributed by atoms with Crippen LogP contribution in [0.1, 0.15) is 41.1 Å². The smallest absolute Gasteiger partial charge is 0.271 e. The van der Waals surface area contributed by atoms with E-state index in [9.17, 15) is 13.2 Å². The van der Waals surface area contributed by atoms with Crippen molar-refractivity contribution >= 4 is 22.1 Å². The van der Waals surface area contributed by atoms with Gasteiger partial charge >= 0.3 is 0 Å². The molecule has 3 rings (SSSR count). The molecule has 0 atom stereocenters. The molecule has 26 heavy (non-hydrogen) atoms. The summed E-state index contributed by atoms with van der Waals surface area (Å²) in [6, 6.07) is 9.53. The molecule has 0 radical (unpaired) electrons. The molecule has 8 heteroatoms. The molecule has 1 aromatic heterocycles. The number of piperidine rings is 1. The van der Waals surface area contributed by atoms with Gasteiger partial charge in [0.1, 0.15) is 11.5 Å². The van der Waals surface area contributed by atoms with Crippen LogP contribution in [0.25, 0.3) is 0 Å². The zero-order valence-corrected chi connectivity index (χ0v) is 15.3. The van der Waals surface area contributed by atoms with Gasteiger partial charge in [-0.2, -0.15) is 9.41 Å². The second-order valence-electron chi connectivity index (χ2n) is 6.14. The Kier molecular flexibility index (Phi) is 5.53. The number of amides is 1. The summed E-state index contributed by atoms with van der Waals surface area (Å²) in [5.74, 6) is 0.776. The third-order valence-electron chi connectivity index (χ3n) is 4.17. The minimum atomic E-state index is -3.58. The highest BCUT2D eigenvalue weighted by molar-refractivity contribution is 7.89. The highest BCUT2D eigenvalue weighted by atomic mass is 32.2. The van der Waals surface area contributed by atoms with E-state index in [0.29, 0.717) is 18.8 Å². The molecule has 0 aliphatic carbocycles. The lowest BCUT2D eigenvalue weighted by Gasteiger charge is -2.25. The van der Waals surface area contributed by atoms with Gasteiger partial charge in [0.05, 0.1) is 11.1 Å². The average molecular weight is 375 g/mol. The van der Waals surface area contributed by atoms with Crippen LogP contribution in [0.5, 0.6) is 0 Å². The first-order chi connectivity index (χ1) is 12.5. The van der Waals surface area contributed by atoms with Crippen LogP contribution >= 0.6 is 0 Å². The van der Waals surface area contributed by atoms with Gasteiger partial charge in [0, 0.05) is 18.7 Å². The van der Waals surface area contributed by atoms with Crippen molar-refractivity contribution in [3.63, 3.8) is 0 Å². The lowest BCUT2D eigenvalue weighted by Crippen LogP contribution is -2.35. The molecule has 138 valence electrons. The van der Waals surface area contributed by atoms with Crippen LogP contribution in [-0.2, 0) is 10.0 Å². The van der Waals surface area contributed by atoms with Gasteiger partial charge in [0.15, 0.2) is 0 Å². The zero-order valence-electron chi connectivity index (χ0n) is 14.5. The molecule has 0 spiro atoms. The maximum absolute atomic E-state index is 12.7. The molecule has 0 saturated carbocycles. The van der Waals surface area contributed by atoms with Gasteiger partial charge in [0.2, 0.25) is 10.0 Å². The fourth-order valence-electron chi connectivity index (χ4n) is 2.79. The summed E-state index contributed by atoms with van der Waals surface area (Å²) in [7, 11) is -3.58. The Labute approximate surface area is 152 Å². The highest BCUT2D eigenvalue weighted by Gasteiger charge is 2.26. The van der Waals surface area contributed by atoms with E-state index in [0.717, 1.165) is 25.0 Å². The van der Waals surface area contributed by atoms with E-state index in [1.807, 2.05) is 6.92 Å². The van der Waals surface area contributed by atoms with Crippen molar-refractivity contribution in [2.45, 2.75) is 31.1 Å². The number of hydrogen-bond donors (Lipinski definition) is 1. The van der Waals surface area contributed by atoms with E-state index in [2.05, 4.69) is 10.5 Å². The predicted octanol–water partition coefficient (Wildman–Crippen LogP) is 2.53. The number of nitrogens with zero attached hydrogens (tertiary/aromatic N) is 2. The summed E-state index contributed by atoms with van der Waals surface area (Å²) >= 11 is 0. The number of hydrazone groups is 1. The summed E-state index contributed by atoms with van der Waals surface area (Å²) in [4.78, 5) is 12.4. The number of rotatable bonds is 5. The second-order valence-corrected chi connectivity index (χ2v) is 8.08. The van der Waals surface area contributed by atoms with Gasteiger partial charge < -0.3 is 4.42 Å². The van der Waals surface area contributed by atoms with Crippen molar-refractivity contribution in [3.8, 4) is 0 Å². The van der Waals surface area contributed by atoms with Crippen LogP contribution in [0.15, 0.2) is 50.8 Å². The minimum Gasteiger partial charge on any atom is -0.460 e. The molecule has 2 heterocycles. The van der Waals surface area contributed by atoms with Crippen LogP contribution < -0.4 is 5.43 Å². The quantitative estimate of drug-likeness (QED) is 0.642. The molecule has 2 aromatic rings. The number of hydrogen-bond acceptors (Lipinski definition) is 5. The normalized spacial score (nSPS) is 16.0. The summed E-state index contributed by atoms with van der Waals surface area (Å²) in [5.41, 5.74) is 2.61. The van der Waals surface area contributed by atoms with Gasteiger partial charge in [-0.3, -0.25) is 4.79 Å². The van der Waals surface area contributed by atoms with Crippen molar-refractivity contribution in [2.75, 3.05) is 13.1 Å². The maximum Gasteiger partial charge on any atom is 0.271 e. The Balaban J connectivity index is 1.71. The molecule has 0 unspecified atom stereocenters. The van der Waals surface area contributed by atoms with Crippen molar-refractivity contribution in [1.82, 2.24) is 9.73 Å². The number of nitrogens with one attached hydrogen (secondary N) is 1. The number of aryl methyl sites for hydroxylation is 1. The third kappa shape index (κ3) is 4.20. The third-order valence-corrected chi connectivity index (χ3v) is 6.06. The fraction of sp³-hybridized carbons (Fsp3) is 0.333. The Bertz CT molecular complexity index is 912. The van der Waals surface area contributed by atoms with Crippen LogP contribution in [0.2, 0.25) is 0 Å². The van der Waals surface area contributed by atoms with Gasteiger partial charge in [-0.25, -0.2) is 13.8 Å². The molecular formula is C18H21N3O4S. The Hall–Kier alpha value is -2.45. The number of carbonyl (C=O) groups is 1. The molecule has 1 fully saturated rings. The van der Waals surface area contributed by atoms with Crippen LogP contribution in [0, 0.1) is 6.92 Å². The van der Waals surface area contributed by atoms with E-state index in [4.69, 9.17) is 4.42 Å². The van der Waals surface area contributed by atoms with Crippen LogP contribution in [-0.4, -0.2) is 37.9 Å². The minimum absolute atomic E-state index is 0.123. The van der Waals surface area contributed by atoms with E-state index < -0.39 is 15.9 Å². The van der Waals surface area contributed by atoms with Crippen molar-refractivity contribution in [1.29, 1.82) is 0 Å². The van der Waals surface area contributed by atoms with Gasteiger partial charge in [-0.15, -0.1) is 0 Å². The maximum atomic E-state index is 12.7. The molecule has 1 aromatic carbocycles. The Morgan fingerprint density at radius 3 is 2.65 bits per heavy atom. The first kappa shape index (κ1) is 18.3.